The van der Waals surface area contributed by atoms with E-state index in [0.29, 0.717) is 6.07 Å². The van der Waals surface area contributed by atoms with E-state index in [0.717, 1.165) is 12.1 Å². The number of alkyl halides is 5. The molecule has 1 N–H and O–H groups in total. The van der Waals surface area contributed by atoms with Crippen LogP contribution < -0.4 is 4.74 Å². The van der Waals surface area contributed by atoms with E-state index >= 15 is 0 Å². The summed E-state index contributed by atoms with van der Waals surface area (Å²) >= 11 is 0. The molecule has 0 bridgehead atoms. The number of rotatable bonds is 4. The van der Waals surface area contributed by atoms with Crippen LogP contribution in [0.25, 0.3) is 0 Å². The predicted octanol–water partition coefficient (Wildman–Crippen LogP) is 3.15. The van der Waals surface area contributed by atoms with Crippen LogP contribution in [-0.4, -0.2) is 17.4 Å². The van der Waals surface area contributed by atoms with Gasteiger partial charge < -0.3 is 9.84 Å². The first kappa shape index (κ1) is 14.2. The third-order valence-corrected chi connectivity index (χ3v) is 1.93. The number of hydrogen-bond acceptors (Lipinski definition) is 2. The summed E-state index contributed by atoms with van der Waals surface area (Å²) in [6, 6.07) is 2.14. The lowest BCUT2D eigenvalue weighted by Gasteiger charge is -2.12. The number of carbonyl (C=O) groups is 1. The zero-order chi connectivity index (χ0) is 13.9. The van der Waals surface area contributed by atoms with E-state index in [1.807, 2.05) is 0 Å². The molecule has 18 heavy (non-hydrogen) atoms. The standard InChI is InChI=1S/C10H7F5O3/c11-9(12)7-4-6(18-10(13,14)15)2-1-5(7)3-8(16)17/h1-2,4,9H,3H2,(H,16,17). The molecule has 0 aliphatic carbocycles. The van der Waals surface area contributed by atoms with Gasteiger partial charge in [-0.15, -0.1) is 13.2 Å². The molecule has 1 aromatic carbocycles. The van der Waals surface area contributed by atoms with Gasteiger partial charge in [0.15, 0.2) is 0 Å². The van der Waals surface area contributed by atoms with E-state index in [1.165, 1.54) is 0 Å². The number of aliphatic carboxylic acids is 1. The number of ether oxygens (including phenoxy) is 1. The number of carboxylic acid groups (broad SMARTS) is 1. The van der Waals surface area contributed by atoms with Crippen LogP contribution in [0.15, 0.2) is 18.2 Å². The fraction of sp³-hybridized carbons (Fsp3) is 0.300. The van der Waals surface area contributed by atoms with Crippen molar-refractivity contribution in [3.63, 3.8) is 0 Å². The molecule has 0 aromatic heterocycles. The Morgan fingerprint density at radius 2 is 1.94 bits per heavy atom. The fourth-order valence-corrected chi connectivity index (χ4v) is 1.30. The van der Waals surface area contributed by atoms with Crippen molar-refractivity contribution in [3.05, 3.63) is 29.3 Å². The molecule has 0 spiro atoms. The van der Waals surface area contributed by atoms with Crippen LogP contribution in [0.3, 0.4) is 0 Å². The summed E-state index contributed by atoms with van der Waals surface area (Å²) in [5.41, 5.74) is -1.05. The quantitative estimate of drug-likeness (QED) is 0.855. The molecule has 100 valence electrons. The number of halogens is 5. The summed E-state index contributed by atoms with van der Waals surface area (Å²) in [6.45, 7) is 0. The first-order valence-corrected chi connectivity index (χ1v) is 4.57. The molecule has 0 atom stereocenters. The van der Waals surface area contributed by atoms with E-state index < -0.39 is 36.5 Å². The Morgan fingerprint density at radius 3 is 2.39 bits per heavy atom. The van der Waals surface area contributed by atoms with Gasteiger partial charge in [0.1, 0.15) is 5.75 Å². The molecule has 0 amide bonds. The van der Waals surface area contributed by atoms with Crippen molar-refractivity contribution in [2.75, 3.05) is 0 Å². The second-order valence-electron chi connectivity index (χ2n) is 3.28. The molecule has 8 heteroatoms. The molecular formula is C10H7F5O3. The van der Waals surface area contributed by atoms with Crippen LogP contribution in [-0.2, 0) is 11.2 Å². The summed E-state index contributed by atoms with van der Waals surface area (Å²) in [7, 11) is 0. The molecule has 1 aromatic rings. The van der Waals surface area contributed by atoms with Crippen LogP contribution in [0.4, 0.5) is 22.0 Å². The Labute approximate surface area is 97.8 Å². The smallest absolute Gasteiger partial charge is 0.481 e. The van der Waals surface area contributed by atoms with E-state index in [1.54, 1.807) is 0 Å². The van der Waals surface area contributed by atoms with Gasteiger partial charge in [-0.2, -0.15) is 0 Å². The lowest BCUT2D eigenvalue weighted by Crippen LogP contribution is -2.17. The number of carboxylic acids is 1. The minimum absolute atomic E-state index is 0.257. The van der Waals surface area contributed by atoms with Crippen LogP contribution in [0, 0.1) is 0 Å². The van der Waals surface area contributed by atoms with Crippen LogP contribution >= 0.6 is 0 Å². The first-order valence-electron chi connectivity index (χ1n) is 4.57. The van der Waals surface area contributed by atoms with Gasteiger partial charge in [-0.05, 0) is 17.7 Å². The molecule has 0 heterocycles. The van der Waals surface area contributed by atoms with Crippen molar-refractivity contribution in [1.82, 2.24) is 0 Å². The van der Waals surface area contributed by atoms with Gasteiger partial charge in [0, 0.05) is 5.56 Å². The van der Waals surface area contributed by atoms with E-state index in [2.05, 4.69) is 4.74 Å². The van der Waals surface area contributed by atoms with Crippen molar-refractivity contribution >= 4 is 5.97 Å². The van der Waals surface area contributed by atoms with Crippen molar-refractivity contribution in [1.29, 1.82) is 0 Å². The molecule has 0 aliphatic rings. The second-order valence-corrected chi connectivity index (χ2v) is 3.28. The SMILES string of the molecule is O=C(O)Cc1ccc(OC(F)(F)F)cc1C(F)F. The summed E-state index contributed by atoms with van der Waals surface area (Å²) in [5.74, 6) is -2.17. The average molecular weight is 270 g/mol. The van der Waals surface area contributed by atoms with Crippen LogP contribution in [0.1, 0.15) is 17.6 Å². The van der Waals surface area contributed by atoms with Crippen molar-refractivity contribution in [3.8, 4) is 5.75 Å². The minimum atomic E-state index is -4.99. The maximum Gasteiger partial charge on any atom is 0.573 e. The third-order valence-electron chi connectivity index (χ3n) is 1.93. The molecule has 0 unspecified atom stereocenters. The zero-order valence-corrected chi connectivity index (χ0v) is 8.67. The molecular weight excluding hydrogens is 263 g/mol. The first-order chi connectivity index (χ1) is 8.19. The molecule has 0 radical (unpaired) electrons. The van der Waals surface area contributed by atoms with Gasteiger partial charge in [0.25, 0.3) is 6.43 Å². The van der Waals surface area contributed by atoms with Crippen LogP contribution in [0.2, 0.25) is 0 Å². The average Bonchev–Trinajstić information content (AvgIpc) is 2.17. The predicted molar refractivity (Wildman–Crippen MR) is 49.4 cm³/mol. The summed E-state index contributed by atoms with van der Waals surface area (Å²) in [4.78, 5) is 10.4. The lowest BCUT2D eigenvalue weighted by molar-refractivity contribution is -0.274. The van der Waals surface area contributed by atoms with Gasteiger partial charge in [-0.25, -0.2) is 8.78 Å². The van der Waals surface area contributed by atoms with Gasteiger partial charge >= 0.3 is 12.3 Å². The lowest BCUT2D eigenvalue weighted by atomic mass is 10.0. The Balaban J connectivity index is 3.07. The number of benzene rings is 1. The summed E-state index contributed by atoms with van der Waals surface area (Å²) in [6.07, 6.45) is -8.78. The third kappa shape index (κ3) is 4.19. The van der Waals surface area contributed by atoms with Crippen molar-refractivity contribution in [2.45, 2.75) is 19.2 Å². The van der Waals surface area contributed by atoms with Gasteiger partial charge in [0.2, 0.25) is 0 Å². The Bertz CT molecular complexity index is 442. The topological polar surface area (TPSA) is 46.5 Å². The highest BCUT2D eigenvalue weighted by atomic mass is 19.4. The molecule has 1 rings (SSSR count). The van der Waals surface area contributed by atoms with Crippen LogP contribution in [0.5, 0.6) is 5.75 Å². The summed E-state index contributed by atoms with van der Waals surface area (Å²) in [5, 5.41) is 8.47. The molecule has 0 fully saturated rings. The number of hydrogen-bond donors (Lipinski definition) is 1. The molecule has 3 nitrogen and oxygen atoms in total. The van der Waals surface area contributed by atoms with Crippen molar-refractivity contribution < 1.29 is 36.6 Å². The maximum atomic E-state index is 12.6. The van der Waals surface area contributed by atoms with Crippen molar-refractivity contribution in [2.24, 2.45) is 0 Å². The van der Waals surface area contributed by atoms with E-state index in [-0.39, 0.29) is 5.56 Å². The highest BCUT2D eigenvalue weighted by Crippen LogP contribution is 2.30. The van der Waals surface area contributed by atoms with E-state index in [4.69, 9.17) is 5.11 Å². The summed E-state index contributed by atoms with van der Waals surface area (Å²) < 4.78 is 64.2. The maximum absolute atomic E-state index is 12.6. The minimum Gasteiger partial charge on any atom is -0.481 e. The monoisotopic (exact) mass is 270 g/mol. The van der Waals surface area contributed by atoms with Gasteiger partial charge in [-0.1, -0.05) is 6.07 Å². The molecule has 0 saturated carbocycles. The zero-order valence-electron chi connectivity index (χ0n) is 8.67. The highest BCUT2D eigenvalue weighted by molar-refractivity contribution is 5.71. The normalized spacial score (nSPS) is 11.7. The molecule has 0 aliphatic heterocycles. The molecule has 0 saturated heterocycles. The fourth-order valence-electron chi connectivity index (χ4n) is 1.30. The highest BCUT2D eigenvalue weighted by Gasteiger charge is 2.31. The van der Waals surface area contributed by atoms with Gasteiger partial charge in [0.05, 0.1) is 6.42 Å². The van der Waals surface area contributed by atoms with E-state index in [9.17, 15) is 26.7 Å². The Kier molecular flexibility index (Phi) is 4.10. The Morgan fingerprint density at radius 1 is 1.33 bits per heavy atom. The Hall–Kier alpha value is -1.86. The second kappa shape index (κ2) is 5.19. The van der Waals surface area contributed by atoms with Gasteiger partial charge in [-0.3, -0.25) is 4.79 Å². The largest absolute Gasteiger partial charge is 0.573 e.